The second-order valence-corrected chi connectivity index (χ2v) is 5.06. The van der Waals surface area contributed by atoms with Crippen LogP contribution in [0.4, 0.5) is 0 Å². The first-order valence-electron chi connectivity index (χ1n) is 5.83. The topological polar surface area (TPSA) is 40.5 Å². The van der Waals surface area contributed by atoms with E-state index >= 15 is 0 Å². The fourth-order valence-electron chi connectivity index (χ4n) is 2.24. The molecule has 0 bridgehead atoms. The summed E-state index contributed by atoms with van der Waals surface area (Å²) < 4.78 is 0. The van der Waals surface area contributed by atoms with E-state index in [0.29, 0.717) is 5.92 Å². The number of hydrogen-bond acceptors (Lipinski definition) is 2. The Morgan fingerprint density at radius 2 is 1.81 bits per heavy atom. The number of aryl methyl sites for hydroxylation is 1. The van der Waals surface area contributed by atoms with E-state index in [4.69, 9.17) is 0 Å². The third-order valence-electron chi connectivity index (χ3n) is 3.03. The van der Waals surface area contributed by atoms with Crippen molar-refractivity contribution in [1.29, 1.82) is 0 Å². The number of aliphatic hydroxyl groups excluding tert-OH is 2. The lowest BCUT2D eigenvalue weighted by molar-refractivity contribution is 0.0990. The van der Waals surface area contributed by atoms with Crippen molar-refractivity contribution in [2.75, 3.05) is 13.2 Å². The highest BCUT2D eigenvalue weighted by Crippen LogP contribution is 2.31. The maximum Gasteiger partial charge on any atom is 0.0550 e. The molecular formula is C14H22O2. The first-order valence-corrected chi connectivity index (χ1v) is 5.83. The van der Waals surface area contributed by atoms with Gasteiger partial charge in [0.1, 0.15) is 0 Å². The van der Waals surface area contributed by atoms with Gasteiger partial charge in [-0.3, -0.25) is 0 Å². The van der Waals surface area contributed by atoms with E-state index in [2.05, 4.69) is 19.9 Å². The van der Waals surface area contributed by atoms with Gasteiger partial charge in [-0.15, -0.1) is 0 Å². The third kappa shape index (κ3) is 2.83. The van der Waals surface area contributed by atoms with Crippen LogP contribution in [0.2, 0.25) is 0 Å². The number of hydrogen-bond donors (Lipinski definition) is 2. The van der Waals surface area contributed by atoms with Crippen LogP contribution in [0.3, 0.4) is 0 Å². The summed E-state index contributed by atoms with van der Waals surface area (Å²) in [6.07, 6.45) is 0.795. The largest absolute Gasteiger partial charge is 0.395 e. The van der Waals surface area contributed by atoms with Crippen molar-refractivity contribution in [1.82, 2.24) is 0 Å². The Bertz CT molecular complexity index is 327. The predicted molar refractivity (Wildman–Crippen MR) is 66.5 cm³/mol. The molecule has 0 amide bonds. The molecule has 0 saturated carbocycles. The molecule has 2 heteroatoms. The van der Waals surface area contributed by atoms with Crippen molar-refractivity contribution < 1.29 is 10.2 Å². The number of aliphatic hydroxyl groups is 2. The summed E-state index contributed by atoms with van der Waals surface area (Å²) in [5.41, 5.74) is 1.69. The summed E-state index contributed by atoms with van der Waals surface area (Å²) in [6, 6.07) is 8.04. The predicted octanol–water partition coefficient (Wildman–Crippen LogP) is 2.26. The van der Waals surface area contributed by atoms with Crippen molar-refractivity contribution in [3.63, 3.8) is 0 Å². The van der Waals surface area contributed by atoms with Crippen LogP contribution >= 0.6 is 0 Å². The zero-order valence-corrected chi connectivity index (χ0v) is 10.4. The molecule has 0 aliphatic rings. The molecule has 0 saturated heterocycles. The fourth-order valence-corrected chi connectivity index (χ4v) is 2.24. The van der Waals surface area contributed by atoms with Gasteiger partial charge in [-0.05, 0) is 24.8 Å². The molecule has 0 radical (unpaired) electrons. The Morgan fingerprint density at radius 3 is 2.25 bits per heavy atom. The zero-order chi connectivity index (χ0) is 12.2. The van der Waals surface area contributed by atoms with Crippen LogP contribution in [0, 0.1) is 12.8 Å². The van der Waals surface area contributed by atoms with E-state index in [0.717, 1.165) is 17.5 Å². The molecule has 0 spiro atoms. The smallest absolute Gasteiger partial charge is 0.0550 e. The molecule has 1 aromatic rings. The van der Waals surface area contributed by atoms with Crippen molar-refractivity contribution >= 4 is 0 Å². The lowest BCUT2D eigenvalue weighted by Crippen LogP contribution is -2.36. The Hall–Kier alpha value is -0.860. The van der Waals surface area contributed by atoms with Gasteiger partial charge in [0.25, 0.3) is 0 Å². The van der Waals surface area contributed by atoms with Crippen molar-refractivity contribution in [3.8, 4) is 0 Å². The maximum absolute atomic E-state index is 9.61. The van der Waals surface area contributed by atoms with Gasteiger partial charge in [0, 0.05) is 5.41 Å². The molecular weight excluding hydrogens is 200 g/mol. The number of rotatable bonds is 5. The van der Waals surface area contributed by atoms with Crippen LogP contribution in [0.25, 0.3) is 0 Å². The van der Waals surface area contributed by atoms with Gasteiger partial charge in [0.05, 0.1) is 13.2 Å². The van der Waals surface area contributed by atoms with Gasteiger partial charge in [-0.1, -0.05) is 43.7 Å². The Kier molecular flexibility index (Phi) is 4.51. The highest BCUT2D eigenvalue weighted by molar-refractivity contribution is 5.30. The molecule has 0 aromatic heterocycles. The minimum Gasteiger partial charge on any atom is -0.395 e. The Morgan fingerprint density at radius 1 is 1.19 bits per heavy atom. The van der Waals surface area contributed by atoms with Gasteiger partial charge in [0.2, 0.25) is 0 Å². The molecule has 2 nitrogen and oxygen atoms in total. The van der Waals surface area contributed by atoms with Crippen LogP contribution in [-0.2, 0) is 5.41 Å². The molecule has 0 atom stereocenters. The van der Waals surface area contributed by atoms with Crippen molar-refractivity contribution in [2.45, 2.75) is 32.6 Å². The van der Waals surface area contributed by atoms with E-state index in [1.54, 1.807) is 0 Å². The third-order valence-corrected chi connectivity index (χ3v) is 3.03. The van der Waals surface area contributed by atoms with Gasteiger partial charge in [-0.25, -0.2) is 0 Å². The van der Waals surface area contributed by atoms with Crippen LogP contribution in [0.5, 0.6) is 0 Å². The van der Waals surface area contributed by atoms with E-state index in [-0.39, 0.29) is 13.2 Å². The maximum atomic E-state index is 9.61. The molecule has 1 aromatic carbocycles. The average Bonchev–Trinajstić information content (AvgIpc) is 2.25. The lowest BCUT2D eigenvalue weighted by Gasteiger charge is -2.32. The average molecular weight is 222 g/mol. The van der Waals surface area contributed by atoms with E-state index in [1.807, 2.05) is 25.1 Å². The minimum atomic E-state index is -0.500. The highest BCUT2D eigenvalue weighted by atomic mass is 16.3. The first-order chi connectivity index (χ1) is 7.54. The Labute approximate surface area is 97.9 Å². The van der Waals surface area contributed by atoms with E-state index in [9.17, 15) is 10.2 Å². The van der Waals surface area contributed by atoms with Crippen molar-refractivity contribution in [2.24, 2.45) is 5.92 Å². The first kappa shape index (κ1) is 13.2. The molecule has 0 aliphatic carbocycles. The standard InChI is InChI=1S/C14H22O2/c1-11(2)8-14(9-15,10-16)13-6-4-5-12(3)7-13/h4-7,11,15-16H,8-10H2,1-3H3. The SMILES string of the molecule is Cc1cccc(C(CO)(CO)CC(C)C)c1. The summed E-state index contributed by atoms with van der Waals surface area (Å²) in [7, 11) is 0. The van der Waals surface area contributed by atoms with E-state index < -0.39 is 5.41 Å². The summed E-state index contributed by atoms with van der Waals surface area (Å²) in [4.78, 5) is 0. The van der Waals surface area contributed by atoms with Gasteiger partial charge >= 0.3 is 0 Å². The quantitative estimate of drug-likeness (QED) is 0.802. The zero-order valence-electron chi connectivity index (χ0n) is 10.4. The summed E-state index contributed by atoms with van der Waals surface area (Å²) in [5, 5.41) is 19.2. The molecule has 2 N–H and O–H groups in total. The number of benzene rings is 1. The summed E-state index contributed by atoms with van der Waals surface area (Å²) >= 11 is 0. The van der Waals surface area contributed by atoms with E-state index in [1.165, 1.54) is 0 Å². The van der Waals surface area contributed by atoms with Crippen LogP contribution < -0.4 is 0 Å². The molecule has 90 valence electrons. The monoisotopic (exact) mass is 222 g/mol. The van der Waals surface area contributed by atoms with Crippen LogP contribution in [0.15, 0.2) is 24.3 Å². The molecule has 0 fully saturated rings. The van der Waals surface area contributed by atoms with Crippen LogP contribution in [-0.4, -0.2) is 23.4 Å². The second-order valence-electron chi connectivity index (χ2n) is 5.06. The molecule has 0 aliphatic heterocycles. The highest BCUT2D eigenvalue weighted by Gasteiger charge is 2.31. The molecule has 16 heavy (non-hydrogen) atoms. The Balaban J connectivity index is 3.09. The molecule has 0 heterocycles. The van der Waals surface area contributed by atoms with Crippen molar-refractivity contribution in [3.05, 3.63) is 35.4 Å². The molecule has 1 rings (SSSR count). The van der Waals surface area contributed by atoms with Gasteiger partial charge < -0.3 is 10.2 Å². The van der Waals surface area contributed by atoms with Gasteiger partial charge in [-0.2, -0.15) is 0 Å². The lowest BCUT2D eigenvalue weighted by atomic mass is 9.75. The molecule has 0 unspecified atom stereocenters. The van der Waals surface area contributed by atoms with Gasteiger partial charge in [0.15, 0.2) is 0 Å². The van der Waals surface area contributed by atoms with Crippen LogP contribution in [0.1, 0.15) is 31.4 Å². The second kappa shape index (κ2) is 5.46. The fraction of sp³-hybridized carbons (Fsp3) is 0.571. The normalized spacial score (nSPS) is 12.1. The summed E-state index contributed by atoms with van der Waals surface area (Å²) in [5.74, 6) is 0.444. The minimum absolute atomic E-state index is 0.00880. The summed E-state index contributed by atoms with van der Waals surface area (Å²) in [6.45, 7) is 6.22.